The molecule has 0 spiro atoms. The molecule has 0 radical (unpaired) electrons. The van der Waals surface area contributed by atoms with Gasteiger partial charge in [-0.15, -0.1) is 11.8 Å². The number of benzene rings is 2. The van der Waals surface area contributed by atoms with Crippen LogP contribution in [0.2, 0.25) is 5.02 Å². The minimum Gasteiger partial charge on any atom is -0.352 e. The molecular weight excluding hydrogens is 386 g/mol. The van der Waals surface area contributed by atoms with Crippen LogP contribution in [0.25, 0.3) is 10.8 Å². The van der Waals surface area contributed by atoms with Gasteiger partial charge in [0.1, 0.15) is 0 Å². The first-order chi connectivity index (χ1) is 13.5. The normalized spacial score (nSPS) is 31.9. The summed E-state index contributed by atoms with van der Waals surface area (Å²) in [6.45, 7) is 2.25. The van der Waals surface area contributed by atoms with Crippen LogP contribution in [0, 0.1) is 23.2 Å². The molecule has 1 N–H and O–H groups in total. The maximum Gasteiger partial charge on any atom is 0.230 e. The number of hydrogen-bond acceptors (Lipinski definition) is 2. The molecule has 1 unspecified atom stereocenters. The lowest BCUT2D eigenvalue weighted by atomic mass is 9.48. The lowest BCUT2D eigenvalue weighted by molar-refractivity contribution is -0.123. The van der Waals surface area contributed by atoms with E-state index in [9.17, 15) is 4.79 Å². The fraction of sp³-hybridized carbons (Fsp3) is 0.542. The lowest BCUT2D eigenvalue weighted by Gasteiger charge is -2.59. The van der Waals surface area contributed by atoms with E-state index in [0.29, 0.717) is 11.2 Å². The van der Waals surface area contributed by atoms with E-state index >= 15 is 0 Å². The number of halogens is 1. The van der Waals surface area contributed by atoms with Crippen molar-refractivity contribution < 1.29 is 4.79 Å². The molecule has 4 fully saturated rings. The quantitative estimate of drug-likeness (QED) is 0.582. The number of fused-ring (bicyclic) bond motifs is 1. The van der Waals surface area contributed by atoms with Crippen LogP contribution in [0.5, 0.6) is 0 Å². The Morgan fingerprint density at radius 3 is 2.36 bits per heavy atom. The summed E-state index contributed by atoms with van der Waals surface area (Å²) >= 11 is 8.02. The Kier molecular flexibility index (Phi) is 4.87. The van der Waals surface area contributed by atoms with E-state index in [4.69, 9.17) is 11.6 Å². The standard InChI is InChI=1S/C24H28ClNOS/c1-15(24-11-16-8-17(12-24)10-18(9-16)13-24)26-22(27)14-28-21-7-3-5-19-4-2-6-20(25)23(19)21/h2-7,15-18H,8-14H2,1H3,(H,26,27). The number of hydrogen-bond donors (Lipinski definition) is 1. The Morgan fingerprint density at radius 2 is 1.71 bits per heavy atom. The topological polar surface area (TPSA) is 29.1 Å². The second-order valence-corrected chi connectivity index (χ2v) is 10.9. The van der Waals surface area contributed by atoms with E-state index in [2.05, 4.69) is 30.4 Å². The van der Waals surface area contributed by atoms with Gasteiger partial charge in [0.15, 0.2) is 0 Å². The Bertz CT molecular complexity index is 870. The van der Waals surface area contributed by atoms with E-state index in [1.165, 1.54) is 38.5 Å². The number of carbonyl (C=O) groups excluding carboxylic acids is 1. The van der Waals surface area contributed by atoms with Gasteiger partial charge in [-0.05, 0) is 86.1 Å². The molecule has 2 aromatic rings. The van der Waals surface area contributed by atoms with Crippen molar-refractivity contribution in [3.05, 3.63) is 41.4 Å². The van der Waals surface area contributed by atoms with Crippen molar-refractivity contribution in [1.82, 2.24) is 5.32 Å². The van der Waals surface area contributed by atoms with E-state index in [0.717, 1.165) is 38.4 Å². The van der Waals surface area contributed by atoms with Crippen LogP contribution in [-0.2, 0) is 4.79 Å². The molecule has 6 rings (SSSR count). The Hall–Kier alpha value is -1.19. The van der Waals surface area contributed by atoms with Gasteiger partial charge in [-0.25, -0.2) is 0 Å². The fourth-order valence-corrected chi connectivity index (χ4v) is 7.93. The van der Waals surface area contributed by atoms with Crippen molar-refractivity contribution in [2.45, 2.75) is 56.4 Å². The van der Waals surface area contributed by atoms with Gasteiger partial charge in [-0.3, -0.25) is 4.79 Å². The van der Waals surface area contributed by atoms with Gasteiger partial charge in [0, 0.05) is 21.3 Å². The van der Waals surface area contributed by atoms with Gasteiger partial charge >= 0.3 is 0 Å². The van der Waals surface area contributed by atoms with Crippen molar-refractivity contribution >= 4 is 40.0 Å². The van der Waals surface area contributed by atoms with Gasteiger partial charge in [-0.1, -0.05) is 35.9 Å². The van der Waals surface area contributed by atoms with E-state index in [1.54, 1.807) is 11.8 Å². The largest absolute Gasteiger partial charge is 0.352 e. The molecule has 0 aromatic heterocycles. The highest BCUT2D eigenvalue weighted by Gasteiger charge is 2.53. The first-order valence-corrected chi connectivity index (χ1v) is 12.0. The van der Waals surface area contributed by atoms with Crippen LogP contribution in [0.15, 0.2) is 41.3 Å². The summed E-state index contributed by atoms with van der Waals surface area (Å²) in [6.07, 6.45) is 8.30. The highest BCUT2D eigenvalue weighted by atomic mass is 35.5. The number of rotatable bonds is 5. The zero-order valence-corrected chi connectivity index (χ0v) is 18.0. The van der Waals surface area contributed by atoms with Crippen molar-refractivity contribution in [3.8, 4) is 0 Å². The van der Waals surface area contributed by atoms with Crippen molar-refractivity contribution in [2.24, 2.45) is 23.2 Å². The van der Waals surface area contributed by atoms with Crippen molar-refractivity contribution in [1.29, 1.82) is 0 Å². The number of thioether (sulfide) groups is 1. The summed E-state index contributed by atoms with van der Waals surface area (Å²) in [7, 11) is 0. The Labute approximate surface area is 176 Å². The molecule has 4 heteroatoms. The molecule has 4 bridgehead atoms. The predicted molar refractivity (Wildman–Crippen MR) is 118 cm³/mol. The molecule has 4 saturated carbocycles. The highest BCUT2D eigenvalue weighted by molar-refractivity contribution is 8.00. The first-order valence-electron chi connectivity index (χ1n) is 10.6. The molecule has 2 aromatic carbocycles. The molecular formula is C24H28ClNOS. The fourth-order valence-electron chi connectivity index (χ4n) is 6.67. The summed E-state index contributed by atoms with van der Waals surface area (Å²) in [5.74, 6) is 3.34. The van der Waals surface area contributed by atoms with Crippen LogP contribution in [0.3, 0.4) is 0 Å². The molecule has 2 nitrogen and oxygen atoms in total. The van der Waals surface area contributed by atoms with Crippen LogP contribution >= 0.6 is 23.4 Å². The molecule has 0 saturated heterocycles. The minimum atomic E-state index is 0.150. The van der Waals surface area contributed by atoms with Gasteiger partial charge in [0.05, 0.1) is 5.75 Å². The Balaban J connectivity index is 1.25. The SMILES string of the molecule is CC(NC(=O)CSc1cccc2cccc(Cl)c12)C12CC3CC(CC(C3)C1)C2. The lowest BCUT2D eigenvalue weighted by Crippen LogP contribution is -2.56. The van der Waals surface area contributed by atoms with E-state index in [1.807, 2.05) is 18.2 Å². The second kappa shape index (κ2) is 7.25. The average Bonchev–Trinajstić information content (AvgIpc) is 2.65. The van der Waals surface area contributed by atoms with Gasteiger partial charge < -0.3 is 5.32 Å². The summed E-state index contributed by atoms with van der Waals surface area (Å²) in [5, 5.41) is 6.31. The zero-order chi connectivity index (χ0) is 19.3. The van der Waals surface area contributed by atoms with Crippen LogP contribution < -0.4 is 5.32 Å². The maximum absolute atomic E-state index is 12.8. The Morgan fingerprint density at radius 1 is 1.11 bits per heavy atom. The zero-order valence-electron chi connectivity index (χ0n) is 16.4. The average molecular weight is 414 g/mol. The smallest absolute Gasteiger partial charge is 0.230 e. The minimum absolute atomic E-state index is 0.150. The van der Waals surface area contributed by atoms with Gasteiger partial charge in [0.25, 0.3) is 0 Å². The molecule has 28 heavy (non-hydrogen) atoms. The van der Waals surface area contributed by atoms with Crippen molar-refractivity contribution in [3.63, 3.8) is 0 Å². The third-order valence-corrected chi connectivity index (χ3v) is 8.93. The summed E-state index contributed by atoms with van der Waals surface area (Å²) in [6, 6.07) is 12.4. The number of amides is 1. The van der Waals surface area contributed by atoms with Crippen molar-refractivity contribution in [2.75, 3.05) is 5.75 Å². The molecule has 1 amide bonds. The second-order valence-electron chi connectivity index (χ2n) is 9.45. The predicted octanol–water partition coefficient (Wildman–Crippen LogP) is 6.31. The molecule has 148 valence electrons. The van der Waals surface area contributed by atoms with Crippen LogP contribution in [0.1, 0.15) is 45.4 Å². The monoisotopic (exact) mass is 413 g/mol. The molecule has 0 aliphatic heterocycles. The molecule has 4 aliphatic carbocycles. The summed E-state index contributed by atoms with van der Waals surface area (Å²) in [5.41, 5.74) is 0.359. The van der Waals surface area contributed by atoms with E-state index in [-0.39, 0.29) is 11.9 Å². The van der Waals surface area contributed by atoms with Crippen LogP contribution in [0.4, 0.5) is 0 Å². The molecule has 0 heterocycles. The molecule has 4 aliphatic rings. The van der Waals surface area contributed by atoms with Gasteiger partial charge in [0.2, 0.25) is 5.91 Å². The summed E-state index contributed by atoms with van der Waals surface area (Å²) in [4.78, 5) is 13.9. The first kappa shape index (κ1) is 18.8. The molecule has 1 atom stereocenters. The third kappa shape index (κ3) is 3.35. The number of nitrogens with one attached hydrogen (secondary N) is 1. The van der Waals surface area contributed by atoms with E-state index < -0.39 is 0 Å². The highest BCUT2D eigenvalue weighted by Crippen LogP contribution is 2.61. The maximum atomic E-state index is 12.8. The van der Waals surface area contributed by atoms with Crippen LogP contribution in [-0.4, -0.2) is 17.7 Å². The third-order valence-electron chi connectivity index (χ3n) is 7.56. The number of carbonyl (C=O) groups is 1. The van der Waals surface area contributed by atoms with Gasteiger partial charge in [-0.2, -0.15) is 0 Å². The summed E-state index contributed by atoms with van der Waals surface area (Å²) < 4.78 is 0.